The fourth-order valence-electron chi connectivity index (χ4n) is 1.43. The number of rotatable bonds is 7. The summed E-state index contributed by atoms with van der Waals surface area (Å²) in [5.74, 6) is -1.95. The van der Waals surface area contributed by atoms with E-state index < -0.39 is 17.7 Å². The molecule has 0 fully saturated rings. The number of carboxylic acids is 1. The smallest absolute Gasteiger partial charge is 0.303 e. The first-order chi connectivity index (χ1) is 8.61. The second-order valence-corrected chi connectivity index (χ2v) is 3.82. The van der Waals surface area contributed by atoms with Gasteiger partial charge in [-0.1, -0.05) is 6.42 Å². The molecule has 0 saturated carbocycles. The van der Waals surface area contributed by atoms with Gasteiger partial charge in [0.15, 0.2) is 5.82 Å². The van der Waals surface area contributed by atoms with Gasteiger partial charge in [-0.3, -0.25) is 14.6 Å². The van der Waals surface area contributed by atoms with Crippen molar-refractivity contribution >= 4 is 11.9 Å². The number of halogens is 1. The predicted octanol–water partition coefficient (Wildman–Crippen LogP) is 1.60. The molecule has 0 aliphatic carbocycles. The Balaban J connectivity index is 2.22. The first-order valence-corrected chi connectivity index (χ1v) is 5.71. The number of hydrogen-bond donors (Lipinski definition) is 2. The van der Waals surface area contributed by atoms with Gasteiger partial charge in [0.25, 0.3) is 5.91 Å². The second-order valence-electron chi connectivity index (χ2n) is 3.82. The largest absolute Gasteiger partial charge is 0.481 e. The van der Waals surface area contributed by atoms with Gasteiger partial charge in [0.1, 0.15) is 0 Å². The number of hydrogen-bond acceptors (Lipinski definition) is 3. The predicted molar refractivity (Wildman–Crippen MR) is 62.6 cm³/mol. The maximum Gasteiger partial charge on any atom is 0.303 e. The first-order valence-electron chi connectivity index (χ1n) is 5.71. The van der Waals surface area contributed by atoms with Gasteiger partial charge in [0, 0.05) is 19.2 Å². The molecule has 1 amide bonds. The molecule has 2 N–H and O–H groups in total. The molecular weight excluding hydrogens is 239 g/mol. The molecule has 5 nitrogen and oxygen atoms in total. The van der Waals surface area contributed by atoms with Gasteiger partial charge in [-0.2, -0.15) is 0 Å². The molecule has 1 heterocycles. The van der Waals surface area contributed by atoms with Crippen molar-refractivity contribution in [3.05, 3.63) is 29.8 Å². The van der Waals surface area contributed by atoms with E-state index in [4.69, 9.17) is 5.11 Å². The second kappa shape index (κ2) is 7.37. The van der Waals surface area contributed by atoms with Gasteiger partial charge in [-0.15, -0.1) is 0 Å². The van der Waals surface area contributed by atoms with Gasteiger partial charge in [-0.05, 0) is 18.9 Å². The van der Waals surface area contributed by atoms with Crippen molar-refractivity contribution in [1.82, 2.24) is 10.3 Å². The van der Waals surface area contributed by atoms with E-state index in [0.29, 0.717) is 25.8 Å². The average molecular weight is 254 g/mol. The maximum atomic E-state index is 13.2. The molecular formula is C12H15FN2O3. The van der Waals surface area contributed by atoms with Crippen LogP contribution in [0.25, 0.3) is 0 Å². The molecule has 0 radical (unpaired) electrons. The quantitative estimate of drug-likeness (QED) is 0.724. The lowest BCUT2D eigenvalue weighted by Gasteiger charge is -2.05. The Bertz CT molecular complexity index is 424. The molecule has 18 heavy (non-hydrogen) atoms. The number of nitrogens with one attached hydrogen (secondary N) is 1. The number of pyridine rings is 1. The minimum atomic E-state index is -0.821. The molecule has 0 spiro atoms. The molecule has 6 heteroatoms. The zero-order valence-corrected chi connectivity index (χ0v) is 9.86. The Kier molecular flexibility index (Phi) is 5.76. The van der Waals surface area contributed by atoms with Gasteiger partial charge >= 0.3 is 5.97 Å². The monoisotopic (exact) mass is 254 g/mol. The van der Waals surface area contributed by atoms with E-state index in [0.717, 1.165) is 6.20 Å². The zero-order chi connectivity index (χ0) is 13.4. The fraction of sp³-hybridized carbons (Fsp3) is 0.417. The summed E-state index contributed by atoms with van der Waals surface area (Å²) in [6, 6.07) is 1.31. The van der Waals surface area contributed by atoms with Crippen molar-refractivity contribution in [2.24, 2.45) is 0 Å². The Morgan fingerprint density at radius 3 is 2.78 bits per heavy atom. The SMILES string of the molecule is O=C(O)CCCCCNC(=O)c1ccncc1F. The molecule has 0 aromatic carbocycles. The van der Waals surface area contributed by atoms with Gasteiger partial charge in [0.05, 0.1) is 11.8 Å². The van der Waals surface area contributed by atoms with Crippen LogP contribution in [0.3, 0.4) is 0 Å². The molecule has 98 valence electrons. The lowest BCUT2D eigenvalue weighted by Crippen LogP contribution is -2.25. The van der Waals surface area contributed by atoms with Crippen LogP contribution in [-0.4, -0.2) is 28.5 Å². The highest BCUT2D eigenvalue weighted by atomic mass is 19.1. The summed E-state index contributed by atoms with van der Waals surface area (Å²) in [5.41, 5.74) is -0.0319. The molecule has 0 aliphatic rings. The maximum absolute atomic E-state index is 13.2. The number of unbranched alkanes of at least 4 members (excludes halogenated alkanes) is 2. The van der Waals surface area contributed by atoms with Crippen molar-refractivity contribution < 1.29 is 19.1 Å². The lowest BCUT2D eigenvalue weighted by molar-refractivity contribution is -0.137. The van der Waals surface area contributed by atoms with Crippen LogP contribution in [0.2, 0.25) is 0 Å². The number of aromatic nitrogens is 1. The summed E-state index contributed by atoms with van der Waals surface area (Å²) in [4.78, 5) is 25.3. The van der Waals surface area contributed by atoms with E-state index in [2.05, 4.69) is 10.3 Å². The van der Waals surface area contributed by atoms with E-state index >= 15 is 0 Å². The van der Waals surface area contributed by atoms with Crippen molar-refractivity contribution in [3.8, 4) is 0 Å². The molecule has 0 atom stereocenters. The zero-order valence-electron chi connectivity index (χ0n) is 9.86. The van der Waals surface area contributed by atoms with Crippen LogP contribution < -0.4 is 5.32 Å². The van der Waals surface area contributed by atoms with Gasteiger partial charge < -0.3 is 10.4 Å². The number of carbonyl (C=O) groups is 2. The Hall–Kier alpha value is -1.98. The highest BCUT2D eigenvalue weighted by Crippen LogP contribution is 2.04. The van der Waals surface area contributed by atoms with Crippen LogP contribution in [0.15, 0.2) is 18.5 Å². The van der Waals surface area contributed by atoms with Crippen LogP contribution >= 0.6 is 0 Å². The van der Waals surface area contributed by atoms with Crippen LogP contribution in [-0.2, 0) is 4.79 Å². The molecule has 0 aliphatic heterocycles. The van der Waals surface area contributed by atoms with Crippen LogP contribution in [0.4, 0.5) is 4.39 Å². The summed E-state index contributed by atoms with van der Waals surface area (Å²) in [6.45, 7) is 0.403. The number of carboxylic acid groups (broad SMARTS) is 1. The Morgan fingerprint density at radius 1 is 1.33 bits per heavy atom. The summed E-state index contributed by atoms with van der Waals surface area (Å²) >= 11 is 0. The van der Waals surface area contributed by atoms with Crippen LogP contribution in [0.1, 0.15) is 36.0 Å². The van der Waals surface area contributed by atoms with Crippen LogP contribution in [0.5, 0.6) is 0 Å². The molecule has 1 rings (SSSR count). The standard InChI is InChI=1S/C12H15FN2O3/c13-10-8-14-7-5-9(10)12(18)15-6-3-1-2-4-11(16)17/h5,7-8H,1-4,6H2,(H,15,18)(H,16,17). The van der Waals surface area contributed by atoms with E-state index in [9.17, 15) is 14.0 Å². The minimum Gasteiger partial charge on any atom is -0.481 e. The molecule has 0 unspecified atom stereocenters. The van der Waals surface area contributed by atoms with Crippen LogP contribution in [0, 0.1) is 5.82 Å². The lowest BCUT2D eigenvalue weighted by atomic mass is 10.2. The van der Waals surface area contributed by atoms with Gasteiger partial charge in [-0.25, -0.2) is 4.39 Å². The normalized spacial score (nSPS) is 10.1. The van der Waals surface area contributed by atoms with Crippen molar-refractivity contribution in [2.75, 3.05) is 6.54 Å². The summed E-state index contributed by atoms with van der Waals surface area (Å²) < 4.78 is 13.2. The van der Waals surface area contributed by atoms with E-state index in [1.165, 1.54) is 12.3 Å². The number of amides is 1. The van der Waals surface area contributed by atoms with Crippen molar-refractivity contribution in [2.45, 2.75) is 25.7 Å². The number of carbonyl (C=O) groups excluding carboxylic acids is 1. The molecule has 0 saturated heterocycles. The Labute approximate surface area is 104 Å². The minimum absolute atomic E-state index is 0.0319. The third-order valence-corrected chi connectivity index (χ3v) is 2.37. The molecule has 1 aromatic heterocycles. The third kappa shape index (κ3) is 4.90. The summed E-state index contributed by atoms with van der Waals surface area (Å²) in [6.07, 6.45) is 4.44. The topological polar surface area (TPSA) is 79.3 Å². The molecule has 0 bridgehead atoms. The highest BCUT2D eigenvalue weighted by Gasteiger charge is 2.09. The van der Waals surface area contributed by atoms with E-state index in [1.54, 1.807) is 0 Å². The number of nitrogens with zero attached hydrogens (tertiary/aromatic N) is 1. The molecule has 1 aromatic rings. The fourth-order valence-corrected chi connectivity index (χ4v) is 1.43. The first kappa shape index (κ1) is 14.1. The third-order valence-electron chi connectivity index (χ3n) is 2.37. The summed E-state index contributed by atoms with van der Waals surface area (Å²) in [7, 11) is 0. The average Bonchev–Trinajstić information content (AvgIpc) is 2.33. The Morgan fingerprint density at radius 2 is 2.11 bits per heavy atom. The number of aliphatic carboxylic acids is 1. The summed E-state index contributed by atoms with van der Waals surface area (Å²) in [5, 5.41) is 11.0. The van der Waals surface area contributed by atoms with Gasteiger partial charge in [0.2, 0.25) is 0 Å². The van der Waals surface area contributed by atoms with E-state index in [1.807, 2.05) is 0 Å². The van der Waals surface area contributed by atoms with E-state index in [-0.39, 0.29) is 12.0 Å². The highest BCUT2D eigenvalue weighted by molar-refractivity contribution is 5.94. The van der Waals surface area contributed by atoms with Crippen molar-refractivity contribution in [3.63, 3.8) is 0 Å². The van der Waals surface area contributed by atoms with Crippen molar-refractivity contribution in [1.29, 1.82) is 0 Å².